The molecule has 0 bridgehead atoms. The third kappa shape index (κ3) is 3.24. The number of anilines is 2. The molecule has 40 heavy (non-hydrogen) atoms. The van der Waals surface area contributed by atoms with Gasteiger partial charge in [0.25, 0.3) is 0 Å². The van der Waals surface area contributed by atoms with Crippen molar-refractivity contribution in [3.63, 3.8) is 0 Å². The molecule has 0 unspecified atom stereocenters. The Hall–Kier alpha value is -5.02. The summed E-state index contributed by atoms with van der Waals surface area (Å²) >= 11 is 0. The van der Waals surface area contributed by atoms with Gasteiger partial charge in [0.1, 0.15) is 11.6 Å². The van der Waals surface area contributed by atoms with Crippen molar-refractivity contribution in [2.75, 3.05) is 4.90 Å². The van der Waals surface area contributed by atoms with Crippen molar-refractivity contribution >= 4 is 33.7 Å². The lowest BCUT2D eigenvalue weighted by Gasteiger charge is -2.40. The van der Waals surface area contributed by atoms with Crippen LogP contribution in [0.2, 0.25) is 0 Å². The van der Waals surface area contributed by atoms with Crippen molar-refractivity contribution < 1.29 is 0 Å². The van der Waals surface area contributed by atoms with Crippen LogP contribution in [-0.2, 0) is 5.54 Å². The Morgan fingerprint density at radius 1 is 0.650 bits per heavy atom. The summed E-state index contributed by atoms with van der Waals surface area (Å²) in [6.45, 7) is 8.90. The van der Waals surface area contributed by atoms with Crippen molar-refractivity contribution in [3.8, 4) is 28.6 Å². The molecule has 194 valence electrons. The zero-order valence-corrected chi connectivity index (χ0v) is 22.9. The summed E-state index contributed by atoms with van der Waals surface area (Å²) in [7, 11) is 0. The molecule has 6 nitrogen and oxygen atoms in total. The fourth-order valence-corrected chi connectivity index (χ4v) is 5.90. The highest BCUT2D eigenvalue weighted by molar-refractivity contribution is 6.05. The van der Waals surface area contributed by atoms with Crippen molar-refractivity contribution in [2.24, 2.45) is 0 Å². The number of fused-ring (bicyclic) bond motifs is 5. The average molecular weight is 521 g/mol. The highest BCUT2D eigenvalue weighted by Gasteiger charge is 2.54. The van der Waals surface area contributed by atoms with Crippen LogP contribution in [0.5, 0.6) is 0 Å². The van der Waals surface area contributed by atoms with Gasteiger partial charge in [-0.15, -0.1) is 0 Å². The van der Waals surface area contributed by atoms with Gasteiger partial charge in [0.05, 0.1) is 33.5 Å². The van der Waals surface area contributed by atoms with Gasteiger partial charge in [-0.3, -0.25) is 4.90 Å². The van der Waals surface area contributed by atoms with E-state index in [-0.39, 0.29) is 5.54 Å². The van der Waals surface area contributed by atoms with Gasteiger partial charge in [0.15, 0.2) is 0 Å². The van der Waals surface area contributed by atoms with Gasteiger partial charge < -0.3 is 4.57 Å². The van der Waals surface area contributed by atoms with Crippen molar-refractivity contribution in [3.05, 3.63) is 103 Å². The average Bonchev–Trinajstić information content (AvgIpc) is 3.43. The second kappa shape index (κ2) is 8.49. The summed E-state index contributed by atoms with van der Waals surface area (Å²) in [6, 6.07) is 34.9. The molecule has 7 rings (SSSR count). The molecule has 4 aromatic carbocycles. The minimum Gasteiger partial charge on any atom is -0.302 e. The molecule has 0 aliphatic carbocycles. The SMILES string of the molecule is CC1(C)N(c2nc(-c3ccccc3)c(C#N)c(-c3ccccc3)n2)c2nc3c4ccccc4ccc3n2C1(C)C. The molecule has 0 saturated carbocycles. The smallest absolute Gasteiger partial charge is 0.234 e. The van der Waals surface area contributed by atoms with Crippen LogP contribution in [-0.4, -0.2) is 25.1 Å². The lowest BCUT2D eigenvalue weighted by molar-refractivity contribution is 0.251. The maximum Gasteiger partial charge on any atom is 0.234 e. The first-order chi connectivity index (χ1) is 19.3. The minimum atomic E-state index is -0.439. The van der Waals surface area contributed by atoms with E-state index in [4.69, 9.17) is 15.0 Å². The summed E-state index contributed by atoms with van der Waals surface area (Å²) in [5.41, 5.74) is 4.67. The van der Waals surface area contributed by atoms with Crippen molar-refractivity contribution in [1.82, 2.24) is 19.5 Å². The molecule has 0 amide bonds. The molecule has 0 atom stereocenters. The van der Waals surface area contributed by atoms with Gasteiger partial charge in [-0.25, -0.2) is 15.0 Å². The molecule has 6 aromatic rings. The number of hydrogen-bond acceptors (Lipinski definition) is 5. The Morgan fingerprint density at radius 3 is 1.82 bits per heavy atom. The van der Waals surface area contributed by atoms with Gasteiger partial charge in [0.2, 0.25) is 11.9 Å². The molecule has 0 fully saturated rings. The van der Waals surface area contributed by atoms with Crippen LogP contribution in [0.1, 0.15) is 33.3 Å². The zero-order valence-electron chi connectivity index (χ0n) is 22.9. The number of benzene rings is 4. The lowest BCUT2D eigenvalue weighted by atomic mass is 9.82. The molecule has 3 heterocycles. The summed E-state index contributed by atoms with van der Waals surface area (Å²) in [5, 5.41) is 12.6. The van der Waals surface area contributed by atoms with Crippen molar-refractivity contribution in [2.45, 2.75) is 38.8 Å². The fourth-order valence-electron chi connectivity index (χ4n) is 5.90. The number of imidazole rings is 1. The molecule has 6 heteroatoms. The van der Waals surface area contributed by atoms with Crippen LogP contribution in [0.4, 0.5) is 11.9 Å². The number of rotatable bonds is 3. The first-order valence-corrected chi connectivity index (χ1v) is 13.5. The first-order valence-electron chi connectivity index (χ1n) is 13.5. The number of nitrogens with zero attached hydrogens (tertiary/aromatic N) is 6. The number of aromatic nitrogens is 4. The highest BCUT2D eigenvalue weighted by atomic mass is 15.5. The Morgan fingerprint density at radius 2 is 1.23 bits per heavy atom. The summed E-state index contributed by atoms with van der Waals surface area (Å²) in [4.78, 5) is 17.6. The van der Waals surface area contributed by atoms with Gasteiger partial charge in [-0.05, 0) is 39.1 Å². The first kappa shape index (κ1) is 24.1. The van der Waals surface area contributed by atoms with E-state index in [2.05, 4.69) is 79.6 Å². The highest BCUT2D eigenvalue weighted by Crippen LogP contribution is 2.52. The molecule has 1 aliphatic rings. The molecule has 0 N–H and O–H groups in total. The molecule has 0 radical (unpaired) electrons. The van der Waals surface area contributed by atoms with Gasteiger partial charge in [-0.2, -0.15) is 5.26 Å². The second-order valence-electron chi connectivity index (χ2n) is 11.3. The predicted molar refractivity (Wildman–Crippen MR) is 160 cm³/mol. The Balaban J connectivity index is 1.56. The minimum absolute atomic E-state index is 0.351. The largest absolute Gasteiger partial charge is 0.302 e. The fraction of sp³-hybridized carbons (Fsp3) is 0.176. The molecule has 0 saturated heterocycles. The molecule has 0 spiro atoms. The van der Waals surface area contributed by atoms with E-state index in [1.807, 2.05) is 60.7 Å². The quantitative estimate of drug-likeness (QED) is 0.238. The van der Waals surface area contributed by atoms with Crippen LogP contribution >= 0.6 is 0 Å². The van der Waals surface area contributed by atoms with Crippen LogP contribution in [0.3, 0.4) is 0 Å². The third-order valence-corrected chi connectivity index (χ3v) is 8.65. The van der Waals surface area contributed by atoms with E-state index in [1.54, 1.807) is 0 Å². The monoisotopic (exact) mass is 520 g/mol. The zero-order chi connectivity index (χ0) is 27.6. The van der Waals surface area contributed by atoms with Crippen molar-refractivity contribution in [1.29, 1.82) is 5.26 Å². The maximum absolute atomic E-state index is 10.4. The molecular weight excluding hydrogens is 492 g/mol. The molecular formula is C34H28N6. The molecule has 1 aliphatic heterocycles. The van der Waals surface area contributed by atoms with E-state index in [0.29, 0.717) is 22.9 Å². The lowest BCUT2D eigenvalue weighted by Crippen LogP contribution is -2.51. The Kier molecular flexibility index (Phi) is 5.10. The van der Waals surface area contributed by atoms with E-state index >= 15 is 0 Å². The number of nitriles is 1. The Labute approximate surface area is 233 Å². The second-order valence-corrected chi connectivity index (χ2v) is 11.3. The van der Waals surface area contributed by atoms with Crippen LogP contribution in [0.15, 0.2) is 97.1 Å². The predicted octanol–water partition coefficient (Wildman–Crippen LogP) is 7.85. The van der Waals surface area contributed by atoms with E-state index in [1.165, 1.54) is 0 Å². The van der Waals surface area contributed by atoms with Gasteiger partial charge in [-0.1, -0.05) is 91.0 Å². The van der Waals surface area contributed by atoms with Crippen LogP contribution < -0.4 is 4.90 Å². The van der Waals surface area contributed by atoms with Gasteiger partial charge in [0, 0.05) is 16.5 Å². The van der Waals surface area contributed by atoms with Crippen LogP contribution in [0, 0.1) is 11.3 Å². The van der Waals surface area contributed by atoms with Gasteiger partial charge >= 0.3 is 0 Å². The van der Waals surface area contributed by atoms with E-state index < -0.39 is 5.54 Å². The van der Waals surface area contributed by atoms with Crippen LogP contribution in [0.25, 0.3) is 44.3 Å². The topological polar surface area (TPSA) is 70.6 Å². The normalized spacial score (nSPS) is 15.3. The number of hydrogen-bond donors (Lipinski definition) is 0. The Bertz CT molecular complexity index is 1900. The maximum atomic E-state index is 10.4. The third-order valence-electron chi connectivity index (χ3n) is 8.65. The van der Waals surface area contributed by atoms with E-state index in [9.17, 15) is 5.26 Å². The summed E-state index contributed by atoms with van der Waals surface area (Å²) in [6.07, 6.45) is 0. The van der Waals surface area contributed by atoms with E-state index in [0.717, 1.165) is 38.9 Å². The standard InChI is InChI=1S/C34H28N6/c1-33(2)34(3,4)40(32-38-30-25-18-12-11-13-22(25)19-20-27(30)39(32)33)31-36-28(23-14-7-5-8-15-23)26(21-35)29(37-31)24-16-9-6-10-17-24/h5-20H,1-4H3. The summed E-state index contributed by atoms with van der Waals surface area (Å²) < 4.78 is 2.32. The molecule has 2 aromatic heterocycles. The summed E-state index contributed by atoms with van der Waals surface area (Å²) in [5.74, 6) is 1.32.